The van der Waals surface area contributed by atoms with Gasteiger partial charge in [0.2, 0.25) is 0 Å². The fourth-order valence-electron chi connectivity index (χ4n) is 4.49. The van der Waals surface area contributed by atoms with Gasteiger partial charge in [-0.3, -0.25) is 0 Å². The molecule has 1 heterocycles. The van der Waals surface area contributed by atoms with E-state index in [4.69, 9.17) is 9.47 Å². The van der Waals surface area contributed by atoms with Crippen LogP contribution in [0.25, 0.3) is 11.1 Å². The number of carbonyl (C=O) groups excluding carboxylic acids is 2. The van der Waals surface area contributed by atoms with Gasteiger partial charge in [-0.2, -0.15) is 0 Å². The monoisotopic (exact) mass is 434 g/mol. The number of fused-ring (bicyclic) bond motifs is 3. The van der Waals surface area contributed by atoms with Crippen molar-refractivity contribution in [3.8, 4) is 11.1 Å². The normalized spacial score (nSPS) is 19.8. The van der Waals surface area contributed by atoms with Crippen LogP contribution in [-0.2, 0) is 9.47 Å². The largest absolute Gasteiger partial charge is 0.449 e. The second-order valence-corrected chi connectivity index (χ2v) is 9.36. The molecule has 2 aliphatic rings. The molecule has 1 saturated heterocycles. The molecule has 0 unspecified atom stereocenters. The molecule has 1 aliphatic carbocycles. The highest BCUT2D eigenvalue weighted by Crippen LogP contribution is 2.44. The number of hydrogen-bond acceptors (Lipinski definition) is 4. The maximum Gasteiger partial charge on any atom is 0.410 e. The summed E-state index contributed by atoms with van der Waals surface area (Å²) in [6, 6.07) is 16.2. The SMILES string of the molecule is C=C[C@H]1CN(C(=O)OC(C)(C)C)C[C@H]1NC(=O)OCC1c2ccccc2-c2ccccc21. The molecule has 2 atom stereocenters. The van der Waals surface area contributed by atoms with Crippen molar-refractivity contribution in [1.82, 2.24) is 10.2 Å². The lowest BCUT2D eigenvalue weighted by Gasteiger charge is -2.24. The topological polar surface area (TPSA) is 67.9 Å². The number of carbonyl (C=O) groups is 2. The van der Waals surface area contributed by atoms with Gasteiger partial charge in [-0.1, -0.05) is 54.6 Å². The molecule has 32 heavy (non-hydrogen) atoms. The summed E-state index contributed by atoms with van der Waals surface area (Å²) in [7, 11) is 0. The van der Waals surface area contributed by atoms with Crippen LogP contribution in [0.4, 0.5) is 9.59 Å². The lowest BCUT2D eigenvalue weighted by Crippen LogP contribution is -2.42. The van der Waals surface area contributed by atoms with Crippen molar-refractivity contribution in [2.75, 3.05) is 19.7 Å². The molecule has 2 aromatic carbocycles. The van der Waals surface area contributed by atoms with Gasteiger partial charge in [-0.05, 0) is 43.0 Å². The Morgan fingerprint density at radius 2 is 1.66 bits per heavy atom. The molecule has 4 rings (SSSR count). The number of rotatable bonds is 4. The van der Waals surface area contributed by atoms with Crippen molar-refractivity contribution in [2.45, 2.75) is 38.3 Å². The van der Waals surface area contributed by atoms with E-state index in [1.165, 1.54) is 22.3 Å². The van der Waals surface area contributed by atoms with Gasteiger partial charge < -0.3 is 19.7 Å². The van der Waals surface area contributed by atoms with Gasteiger partial charge in [-0.15, -0.1) is 6.58 Å². The van der Waals surface area contributed by atoms with Gasteiger partial charge in [0.05, 0.1) is 6.04 Å². The molecule has 6 nitrogen and oxygen atoms in total. The quantitative estimate of drug-likeness (QED) is 0.692. The van der Waals surface area contributed by atoms with Crippen LogP contribution in [0.1, 0.15) is 37.8 Å². The average molecular weight is 435 g/mol. The minimum Gasteiger partial charge on any atom is -0.449 e. The van der Waals surface area contributed by atoms with E-state index in [-0.39, 0.29) is 30.6 Å². The summed E-state index contributed by atoms with van der Waals surface area (Å²) in [4.78, 5) is 26.7. The number of nitrogens with zero attached hydrogens (tertiary/aromatic N) is 1. The summed E-state index contributed by atoms with van der Waals surface area (Å²) in [6.45, 7) is 10.4. The molecule has 2 aromatic rings. The number of hydrogen-bond donors (Lipinski definition) is 1. The van der Waals surface area contributed by atoms with Gasteiger partial charge in [0.1, 0.15) is 12.2 Å². The van der Waals surface area contributed by atoms with Crippen molar-refractivity contribution >= 4 is 12.2 Å². The Bertz CT molecular complexity index is 981. The minimum absolute atomic E-state index is 0.00481. The van der Waals surface area contributed by atoms with Crippen LogP contribution in [0, 0.1) is 5.92 Å². The first-order valence-electron chi connectivity index (χ1n) is 11.0. The summed E-state index contributed by atoms with van der Waals surface area (Å²) in [5.74, 6) is -0.0619. The zero-order valence-corrected chi connectivity index (χ0v) is 18.8. The number of ether oxygens (including phenoxy) is 2. The predicted molar refractivity (Wildman–Crippen MR) is 123 cm³/mol. The van der Waals surface area contributed by atoms with Gasteiger partial charge in [-0.25, -0.2) is 9.59 Å². The molecule has 6 heteroatoms. The van der Waals surface area contributed by atoms with Crippen LogP contribution in [0.15, 0.2) is 61.2 Å². The molecule has 1 aliphatic heterocycles. The molecule has 168 valence electrons. The van der Waals surface area contributed by atoms with Crippen molar-refractivity contribution in [2.24, 2.45) is 5.92 Å². The summed E-state index contributed by atoms with van der Waals surface area (Å²) < 4.78 is 11.1. The Labute approximate surface area is 189 Å². The molecule has 0 spiro atoms. The molecular weight excluding hydrogens is 404 g/mol. The highest BCUT2D eigenvalue weighted by Gasteiger charge is 2.37. The van der Waals surface area contributed by atoms with Crippen LogP contribution in [0.3, 0.4) is 0 Å². The third kappa shape index (κ3) is 4.49. The van der Waals surface area contributed by atoms with Crippen LogP contribution < -0.4 is 5.32 Å². The van der Waals surface area contributed by atoms with Crippen molar-refractivity contribution in [3.63, 3.8) is 0 Å². The van der Waals surface area contributed by atoms with E-state index in [9.17, 15) is 9.59 Å². The van der Waals surface area contributed by atoms with E-state index >= 15 is 0 Å². The smallest absolute Gasteiger partial charge is 0.410 e. The van der Waals surface area contributed by atoms with Crippen molar-refractivity contribution in [3.05, 3.63) is 72.3 Å². The molecule has 1 N–H and O–H groups in total. The average Bonchev–Trinajstić information content (AvgIpc) is 3.30. The van der Waals surface area contributed by atoms with E-state index in [0.717, 1.165) is 0 Å². The van der Waals surface area contributed by atoms with Crippen LogP contribution in [0.5, 0.6) is 0 Å². The number of likely N-dealkylation sites (tertiary alicyclic amines) is 1. The second kappa shape index (κ2) is 8.69. The molecule has 2 amide bonds. The van der Waals surface area contributed by atoms with Crippen LogP contribution in [-0.4, -0.2) is 48.4 Å². The van der Waals surface area contributed by atoms with E-state index in [0.29, 0.717) is 13.1 Å². The fraction of sp³-hybridized carbons (Fsp3) is 0.385. The summed E-state index contributed by atoms with van der Waals surface area (Å²) in [6.07, 6.45) is 0.884. The number of alkyl carbamates (subject to hydrolysis) is 1. The fourth-order valence-corrected chi connectivity index (χ4v) is 4.49. The van der Waals surface area contributed by atoms with Gasteiger partial charge in [0.15, 0.2) is 0 Å². The van der Waals surface area contributed by atoms with Gasteiger partial charge in [0, 0.05) is 24.9 Å². The number of benzene rings is 2. The molecular formula is C26H30N2O4. The maximum atomic E-state index is 12.6. The lowest BCUT2D eigenvalue weighted by molar-refractivity contribution is 0.0287. The third-order valence-electron chi connectivity index (χ3n) is 5.97. The highest BCUT2D eigenvalue weighted by atomic mass is 16.6. The zero-order valence-electron chi connectivity index (χ0n) is 18.8. The summed E-state index contributed by atoms with van der Waals surface area (Å²) >= 11 is 0. The van der Waals surface area contributed by atoms with E-state index < -0.39 is 11.7 Å². The molecule has 0 radical (unpaired) electrons. The first-order chi connectivity index (χ1) is 15.3. The van der Waals surface area contributed by atoms with Gasteiger partial charge >= 0.3 is 12.2 Å². The first-order valence-corrected chi connectivity index (χ1v) is 11.0. The Morgan fingerprint density at radius 3 is 2.22 bits per heavy atom. The van der Waals surface area contributed by atoms with E-state index in [1.54, 1.807) is 11.0 Å². The Hall–Kier alpha value is -3.28. The lowest BCUT2D eigenvalue weighted by atomic mass is 9.98. The summed E-state index contributed by atoms with van der Waals surface area (Å²) in [5, 5.41) is 2.92. The maximum absolute atomic E-state index is 12.6. The second-order valence-electron chi connectivity index (χ2n) is 9.36. The number of amides is 2. The Kier molecular flexibility index (Phi) is 5.96. The molecule has 0 saturated carbocycles. The summed E-state index contributed by atoms with van der Waals surface area (Å²) in [5.41, 5.74) is 4.14. The zero-order chi connectivity index (χ0) is 22.9. The number of nitrogens with one attached hydrogen (secondary N) is 1. The standard InChI is InChI=1S/C26H30N2O4/c1-5-17-14-28(25(30)32-26(2,3)4)15-23(17)27-24(29)31-16-22-20-12-8-6-10-18(20)19-11-7-9-13-21(19)22/h5-13,17,22-23H,1,14-16H2,2-4H3,(H,27,29)/t17-,23+/m0/s1. The van der Waals surface area contributed by atoms with E-state index in [2.05, 4.69) is 36.2 Å². The van der Waals surface area contributed by atoms with Crippen molar-refractivity contribution < 1.29 is 19.1 Å². The predicted octanol–water partition coefficient (Wildman–Crippen LogP) is 4.95. The molecule has 0 bridgehead atoms. The molecule has 0 aromatic heterocycles. The Morgan fingerprint density at radius 1 is 1.06 bits per heavy atom. The van der Waals surface area contributed by atoms with Crippen molar-refractivity contribution in [1.29, 1.82) is 0 Å². The van der Waals surface area contributed by atoms with Crippen LogP contribution >= 0.6 is 0 Å². The van der Waals surface area contributed by atoms with Crippen LogP contribution in [0.2, 0.25) is 0 Å². The minimum atomic E-state index is -0.570. The third-order valence-corrected chi connectivity index (χ3v) is 5.97. The van der Waals surface area contributed by atoms with E-state index in [1.807, 2.05) is 45.0 Å². The Balaban J connectivity index is 1.38. The first kappa shape index (κ1) is 21.9. The van der Waals surface area contributed by atoms with Gasteiger partial charge in [0.25, 0.3) is 0 Å². The molecule has 1 fully saturated rings. The highest BCUT2D eigenvalue weighted by molar-refractivity contribution is 5.79.